The molecule has 1 amide bonds. The Morgan fingerprint density at radius 3 is 2.92 bits per heavy atom. The lowest BCUT2D eigenvalue weighted by molar-refractivity contribution is -0.112. The van der Waals surface area contributed by atoms with E-state index in [0.29, 0.717) is 29.9 Å². The van der Waals surface area contributed by atoms with Crippen LogP contribution in [0.4, 0.5) is 10.2 Å². The van der Waals surface area contributed by atoms with Crippen molar-refractivity contribution >= 4 is 35.4 Å². The van der Waals surface area contributed by atoms with E-state index < -0.39 is 5.82 Å². The first-order valence-electron chi connectivity index (χ1n) is 11.9. The fraction of sp³-hybridized carbons (Fsp3) is 0.138. The number of halogens is 1. The van der Waals surface area contributed by atoms with E-state index in [1.165, 1.54) is 12.3 Å². The third kappa shape index (κ3) is 5.75. The average molecular weight is 494 g/mol. The zero-order valence-corrected chi connectivity index (χ0v) is 19.9. The zero-order valence-electron chi connectivity index (χ0n) is 19.9. The smallest absolute Gasteiger partial charge is 0.255 e. The van der Waals surface area contributed by atoms with Crippen molar-refractivity contribution in [1.29, 1.82) is 0 Å². The number of Topliss-reactive ketones (excluding diaryl/α,β-unsaturated/α-hetero) is 1. The molecule has 0 saturated heterocycles. The summed E-state index contributed by atoms with van der Waals surface area (Å²) in [5, 5.41) is 5.93. The maximum absolute atomic E-state index is 13.3. The molecule has 3 heterocycles. The molecule has 1 aromatic carbocycles. The van der Waals surface area contributed by atoms with Gasteiger partial charge in [-0.25, -0.2) is 9.37 Å². The molecule has 1 aliphatic carbocycles. The number of carbonyl (C=O) groups excluding carboxylic acids is 2. The minimum absolute atomic E-state index is 0.125. The van der Waals surface area contributed by atoms with Gasteiger partial charge in [-0.3, -0.25) is 19.6 Å². The van der Waals surface area contributed by atoms with Crippen molar-refractivity contribution in [3.05, 3.63) is 113 Å². The Hall–Kier alpha value is -4.72. The lowest BCUT2D eigenvalue weighted by Gasteiger charge is -2.10. The van der Waals surface area contributed by atoms with Gasteiger partial charge in [0, 0.05) is 56.3 Å². The topological polar surface area (TPSA) is 96.3 Å². The van der Waals surface area contributed by atoms with E-state index in [1.807, 2.05) is 42.6 Å². The van der Waals surface area contributed by atoms with Crippen LogP contribution in [0.15, 0.2) is 83.9 Å². The largest absolute Gasteiger partial charge is 0.366 e. The Morgan fingerprint density at radius 2 is 2.08 bits per heavy atom. The molecule has 184 valence electrons. The summed E-state index contributed by atoms with van der Waals surface area (Å²) < 4.78 is 13.3. The highest BCUT2D eigenvalue weighted by Crippen LogP contribution is 2.32. The molecule has 0 spiro atoms. The minimum Gasteiger partial charge on any atom is -0.366 e. The number of fused-ring (bicyclic) bond motifs is 1. The third-order valence-electron chi connectivity index (χ3n) is 6.04. The van der Waals surface area contributed by atoms with Crippen LogP contribution < -0.4 is 10.6 Å². The number of anilines is 1. The lowest BCUT2D eigenvalue weighted by atomic mass is 10.0. The van der Waals surface area contributed by atoms with Crippen LogP contribution in [0.25, 0.3) is 11.6 Å². The number of amides is 1. The van der Waals surface area contributed by atoms with Gasteiger partial charge in [0.1, 0.15) is 11.6 Å². The van der Waals surface area contributed by atoms with Gasteiger partial charge >= 0.3 is 0 Å². The van der Waals surface area contributed by atoms with Gasteiger partial charge in [0.25, 0.3) is 5.91 Å². The zero-order chi connectivity index (χ0) is 25.6. The molecule has 0 fully saturated rings. The maximum Gasteiger partial charge on any atom is 0.255 e. The summed E-state index contributed by atoms with van der Waals surface area (Å²) in [4.78, 5) is 37.4. The number of carbonyl (C=O) groups is 2. The Balaban J connectivity index is 1.20. The van der Waals surface area contributed by atoms with Crippen LogP contribution >= 0.6 is 0 Å². The molecule has 3 aromatic rings. The average Bonchev–Trinajstić information content (AvgIpc) is 3.53. The van der Waals surface area contributed by atoms with Gasteiger partial charge in [-0.05, 0) is 52.1 Å². The fourth-order valence-corrected chi connectivity index (χ4v) is 4.25. The highest BCUT2D eigenvalue weighted by molar-refractivity contribution is 6.26. The molecule has 2 N–H and O–H groups in total. The second-order valence-electron chi connectivity index (χ2n) is 8.69. The highest BCUT2D eigenvalue weighted by atomic mass is 19.1. The molecule has 0 atom stereocenters. The van der Waals surface area contributed by atoms with Crippen molar-refractivity contribution in [2.75, 3.05) is 11.9 Å². The van der Waals surface area contributed by atoms with Crippen molar-refractivity contribution < 1.29 is 14.0 Å². The Bertz CT molecular complexity index is 1490. The number of nitrogens with one attached hydrogen (secondary N) is 2. The highest BCUT2D eigenvalue weighted by Gasteiger charge is 2.24. The molecule has 0 unspecified atom stereocenters. The summed E-state index contributed by atoms with van der Waals surface area (Å²) >= 11 is 0. The SMILES string of the molecule is O=C1Cc2cc(/C=C/CNc3ncccc3C(=O)NCc3cncc(F)c3)ccc2/C1=C/C1=CN=CC1. The van der Waals surface area contributed by atoms with Crippen LogP contribution in [0.3, 0.4) is 0 Å². The van der Waals surface area contributed by atoms with Crippen molar-refractivity contribution in [3.8, 4) is 0 Å². The van der Waals surface area contributed by atoms with Gasteiger partial charge in [0.15, 0.2) is 5.78 Å². The third-order valence-corrected chi connectivity index (χ3v) is 6.04. The molecule has 37 heavy (non-hydrogen) atoms. The Kier molecular flexibility index (Phi) is 7.07. The van der Waals surface area contributed by atoms with Crippen molar-refractivity contribution in [2.24, 2.45) is 4.99 Å². The van der Waals surface area contributed by atoms with Crippen molar-refractivity contribution in [3.63, 3.8) is 0 Å². The molecule has 2 aliphatic rings. The van der Waals surface area contributed by atoms with Gasteiger partial charge in [-0.1, -0.05) is 30.4 Å². The van der Waals surface area contributed by atoms with Crippen LogP contribution in [0, 0.1) is 5.82 Å². The summed E-state index contributed by atoms with van der Waals surface area (Å²) in [6.45, 7) is 0.599. The number of aliphatic imine (C=N–C) groups is 1. The quantitative estimate of drug-likeness (QED) is 0.449. The number of allylic oxidation sites excluding steroid dienone is 3. The molecule has 5 rings (SSSR count). The number of hydrogen-bond acceptors (Lipinski definition) is 6. The molecule has 8 heteroatoms. The molecule has 0 radical (unpaired) electrons. The van der Waals surface area contributed by atoms with Crippen molar-refractivity contribution in [2.45, 2.75) is 19.4 Å². The molecule has 0 bridgehead atoms. The van der Waals surface area contributed by atoms with Crippen molar-refractivity contribution in [1.82, 2.24) is 15.3 Å². The summed E-state index contributed by atoms with van der Waals surface area (Å²) in [6, 6.07) is 10.7. The first-order chi connectivity index (χ1) is 18.1. The summed E-state index contributed by atoms with van der Waals surface area (Å²) in [5.41, 5.74) is 5.73. The van der Waals surface area contributed by atoms with Gasteiger partial charge in [-0.15, -0.1) is 0 Å². The van der Waals surface area contributed by atoms with E-state index >= 15 is 0 Å². The van der Waals surface area contributed by atoms with E-state index in [2.05, 4.69) is 25.6 Å². The van der Waals surface area contributed by atoms with Gasteiger partial charge in [0.05, 0.1) is 11.8 Å². The molecular formula is C29H24FN5O2. The van der Waals surface area contributed by atoms with Crippen LogP contribution in [-0.2, 0) is 17.8 Å². The predicted molar refractivity (Wildman–Crippen MR) is 141 cm³/mol. The number of ketones is 1. The Morgan fingerprint density at radius 1 is 1.16 bits per heavy atom. The standard InChI is InChI=1S/C29H24FN5O2/c30-23-12-21(16-32-18-23)17-35-29(37)25-4-2-9-34-28(25)33-8-1-3-19-5-6-24-22(11-19)14-27(36)26(24)13-20-7-10-31-15-20/h1-6,9-13,15-16,18H,7-8,14,17H2,(H,33,34)(H,35,37)/b3-1+,26-13-. The molecule has 2 aromatic heterocycles. The van der Waals surface area contributed by atoms with Crippen LogP contribution in [-0.4, -0.2) is 34.4 Å². The summed E-state index contributed by atoms with van der Waals surface area (Å²) in [6.07, 6.45) is 14.8. The number of nitrogens with zero attached hydrogens (tertiary/aromatic N) is 3. The van der Waals surface area contributed by atoms with E-state index in [9.17, 15) is 14.0 Å². The van der Waals surface area contributed by atoms with Crippen LogP contribution in [0.1, 0.15) is 39.0 Å². The minimum atomic E-state index is -0.453. The van der Waals surface area contributed by atoms with Crippen LogP contribution in [0.2, 0.25) is 0 Å². The normalized spacial score (nSPS) is 15.3. The predicted octanol–water partition coefficient (Wildman–Crippen LogP) is 4.54. The fourth-order valence-electron chi connectivity index (χ4n) is 4.25. The summed E-state index contributed by atoms with van der Waals surface area (Å²) in [7, 11) is 0. The number of hydrogen-bond donors (Lipinski definition) is 2. The molecule has 1 aliphatic heterocycles. The number of rotatable bonds is 8. The van der Waals surface area contributed by atoms with E-state index in [4.69, 9.17) is 0 Å². The second kappa shape index (κ2) is 10.9. The van der Waals surface area contributed by atoms with Crippen LogP contribution in [0.5, 0.6) is 0 Å². The van der Waals surface area contributed by atoms with E-state index in [0.717, 1.165) is 40.5 Å². The monoisotopic (exact) mass is 493 g/mol. The van der Waals surface area contributed by atoms with Gasteiger partial charge in [-0.2, -0.15) is 0 Å². The van der Waals surface area contributed by atoms with Gasteiger partial charge in [0.2, 0.25) is 0 Å². The number of aromatic nitrogens is 2. The lowest BCUT2D eigenvalue weighted by Crippen LogP contribution is -2.24. The van der Waals surface area contributed by atoms with E-state index in [1.54, 1.807) is 24.5 Å². The number of pyridine rings is 2. The second-order valence-corrected chi connectivity index (χ2v) is 8.69. The molecule has 7 nitrogen and oxygen atoms in total. The molecular weight excluding hydrogens is 469 g/mol. The van der Waals surface area contributed by atoms with E-state index in [-0.39, 0.29) is 18.2 Å². The number of benzene rings is 1. The molecule has 0 saturated carbocycles. The summed E-state index contributed by atoms with van der Waals surface area (Å²) in [5.74, 6) is -0.205. The first kappa shape index (κ1) is 24.0. The Labute approximate surface area is 213 Å². The van der Waals surface area contributed by atoms with Gasteiger partial charge < -0.3 is 10.6 Å². The first-order valence-corrected chi connectivity index (χ1v) is 11.9. The maximum atomic E-state index is 13.3.